The number of nitrogens with zero attached hydrogens (tertiary/aromatic N) is 2. The Balaban J connectivity index is 2.10. The Hall–Kier alpha value is -1.61. The van der Waals surface area contributed by atoms with Crippen molar-refractivity contribution in [2.75, 3.05) is 0 Å². The Morgan fingerprint density at radius 3 is 2.86 bits per heavy atom. The standard InChI is InChI=1S/C12H14F3N3O3/c1-18-4-5(9(17-18)12(13,14)15)7-6-2-3-11(20,21-6)8(7)10(16)19/h4,6-8,20H,2-3H2,1H3,(H2,16,19). The van der Waals surface area contributed by atoms with E-state index in [2.05, 4.69) is 5.10 Å². The molecule has 2 aliphatic heterocycles. The molecule has 1 amide bonds. The number of primary amides is 1. The Morgan fingerprint density at radius 1 is 1.62 bits per heavy atom. The minimum absolute atomic E-state index is 0.158. The van der Waals surface area contributed by atoms with Crippen molar-refractivity contribution < 1.29 is 27.8 Å². The van der Waals surface area contributed by atoms with Crippen LogP contribution in [0.2, 0.25) is 0 Å². The first-order valence-electron chi connectivity index (χ1n) is 6.44. The lowest BCUT2D eigenvalue weighted by atomic mass is 9.73. The smallest absolute Gasteiger partial charge is 0.369 e. The second-order valence-corrected chi connectivity index (χ2v) is 5.55. The zero-order valence-corrected chi connectivity index (χ0v) is 11.1. The maximum absolute atomic E-state index is 13.1. The second kappa shape index (κ2) is 4.20. The monoisotopic (exact) mass is 305 g/mol. The molecule has 0 radical (unpaired) electrons. The molecule has 0 spiro atoms. The normalized spacial score (nSPS) is 35.4. The van der Waals surface area contributed by atoms with Crippen molar-refractivity contribution in [3.63, 3.8) is 0 Å². The molecule has 6 nitrogen and oxygen atoms in total. The number of halogens is 3. The second-order valence-electron chi connectivity index (χ2n) is 5.55. The summed E-state index contributed by atoms with van der Waals surface area (Å²) in [6.07, 6.45) is -3.56. The molecule has 9 heteroatoms. The van der Waals surface area contributed by atoms with Gasteiger partial charge in [-0.2, -0.15) is 18.3 Å². The van der Waals surface area contributed by atoms with Gasteiger partial charge in [-0.05, 0) is 6.42 Å². The average molecular weight is 305 g/mol. The summed E-state index contributed by atoms with van der Waals surface area (Å²) in [7, 11) is 1.36. The summed E-state index contributed by atoms with van der Waals surface area (Å²) in [6.45, 7) is 0. The number of fused-ring (bicyclic) bond motifs is 2. The van der Waals surface area contributed by atoms with E-state index >= 15 is 0 Å². The van der Waals surface area contributed by atoms with Gasteiger partial charge >= 0.3 is 6.18 Å². The highest BCUT2D eigenvalue weighted by Gasteiger charge is 2.63. The molecule has 3 rings (SSSR count). The Morgan fingerprint density at radius 2 is 2.29 bits per heavy atom. The van der Waals surface area contributed by atoms with Gasteiger partial charge in [-0.25, -0.2) is 0 Å². The first-order chi connectivity index (χ1) is 9.63. The number of carbonyl (C=O) groups excluding carboxylic acids is 1. The highest BCUT2D eigenvalue weighted by molar-refractivity contribution is 5.80. The van der Waals surface area contributed by atoms with E-state index in [1.807, 2.05) is 0 Å². The fourth-order valence-corrected chi connectivity index (χ4v) is 3.46. The highest BCUT2D eigenvalue weighted by atomic mass is 19.4. The number of aliphatic hydroxyl groups is 1. The molecule has 4 unspecified atom stereocenters. The van der Waals surface area contributed by atoms with Crippen LogP contribution in [0.3, 0.4) is 0 Å². The number of carbonyl (C=O) groups is 1. The SMILES string of the molecule is Cn1cc(C2C3CCC(O)(O3)C2C(N)=O)c(C(F)(F)F)n1. The molecule has 2 bridgehead atoms. The van der Waals surface area contributed by atoms with Gasteiger partial charge in [-0.1, -0.05) is 0 Å². The van der Waals surface area contributed by atoms with E-state index in [-0.39, 0.29) is 12.0 Å². The number of alkyl halides is 3. The molecule has 4 atom stereocenters. The molecule has 0 saturated carbocycles. The number of amides is 1. The van der Waals surface area contributed by atoms with Crippen molar-refractivity contribution in [2.24, 2.45) is 18.7 Å². The zero-order valence-electron chi connectivity index (χ0n) is 11.1. The van der Waals surface area contributed by atoms with Crippen LogP contribution in [0.5, 0.6) is 0 Å². The summed E-state index contributed by atoms with van der Waals surface area (Å²) in [5, 5.41) is 13.7. The highest BCUT2D eigenvalue weighted by Crippen LogP contribution is 2.55. The van der Waals surface area contributed by atoms with Gasteiger partial charge in [-0.15, -0.1) is 0 Å². The van der Waals surface area contributed by atoms with E-state index in [1.165, 1.54) is 13.2 Å². The van der Waals surface area contributed by atoms with E-state index in [9.17, 15) is 23.1 Å². The molecule has 0 aromatic carbocycles. The Labute approximate surface area is 117 Å². The number of aromatic nitrogens is 2. The van der Waals surface area contributed by atoms with E-state index in [0.717, 1.165) is 4.68 Å². The van der Waals surface area contributed by atoms with Gasteiger partial charge in [0.25, 0.3) is 0 Å². The fraction of sp³-hybridized carbons (Fsp3) is 0.667. The van der Waals surface area contributed by atoms with Crippen LogP contribution in [0.15, 0.2) is 6.20 Å². The van der Waals surface area contributed by atoms with Crippen LogP contribution in [0.4, 0.5) is 13.2 Å². The number of aryl methyl sites for hydroxylation is 1. The van der Waals surface area contributed by atoms with E-state index in [0.29, 0.717) is 6.42 Å². The summed E-state index contributed by atoms with van der Waals surface area (Å²) in [6, 6.07) is 0. The van der Waals surface area contributed by atoms with Gasteiger partial charge in [0.2, 0.25) is 5.91 Å². The van der Waals surface area contributed by atoms with Gasteiger partial charge < -0.3 is 15.6 Å². The molecule has 2 aliphatic rings. The van der Waals surface area contributed by atoms with Crippen molar-refractivity contribution in [1.29, 1.82) is 0 Å². The molecule has 3 N–H and O–H groups in total. The maximum atomic E-state index is 13.1. The molecule has 0 aliphatic carbocycles. The third kappa shape index (κ3) is 2.03. The predicted molar refractivity (Wildman–Crippen MR) is 62.7 cm³/mol. The van der Waals surface area contributed by atoms with Crippen LogP contribution in [-0.2, 0) is 22.8 Å². The van der Waals surface area contributed by atoms with Crippen LogP contribution < -0.4 is 5.73 Å². The maximum Gasteiger partial charge on any atom is 0.435 e. The van der Waals surface area contributed by atoms with Gasteiger partial charge in [0.05, 0.1) is 6.10 Å². The topological polar surface area (TPSA) is 90.4 Å². The third-order valence-corrected chi connectivity index (χ3v) is 4.18. The summed E-state index contributed by atoms with van der Waals surface area (Å²) >= 11 is 0. The van der Waals surface area contributed by atoms with Crippen molar-refractivity contribution >= 4 is 5.91 Å². The molecular formula is C12H14F3N3O3. The first-order valence-corrected chi connectivity index (χ1v) is 6.44. The molecule has 2 saturated heterocycles. The van der Waals surface area contributed by atoms with Gasteiger partial charge in [0.1, 0.15) is 5.92 Å². The Kier molecular flexibility index (Phi) is 2.87. The average Bonchev–Trinajstić information content (AvgIpc) is 2.96. The zero-order chi connectivity index (χ0) is 15.6. The van der Waals surface area contributed by atoms with E-state index < -0.39 is 41.5 Å². The van der Waals surface area contributed by atoms with Crippen molar-refractivity contribution in [2.45, 2.75) is 36.8 Å². The summed E-state index contributed by atoms with van der Waals surface area (Å²) < 4.78 is 45.6. The minimum atomic E-state index is -4.65. The number of hydrogen-bond donors (Lipinski definition) is 2. The van der Waals surface area contributed by atoms with Gasteiger partial charge in [0, 0.05) is 31.1 Å². The predicted octanol–water partition coefficient (Wildman–Crippen LogP) is 0.505. The molecule has 116 valence electrons. The minimum Gasteiger partial charge on any atom is -0.369 e. The van der Waals surface area contributed by atoms with Crippen molar-refractivity contribution in [1.82, 2.24) is 9.78 Å². The summed E-state index contributed by atoms with van der Waals surface area (Å²) in [4.78, 5) is 11.6. The third-order valence-electron chi connectivity index (χ3n) is 4.18. The van der Waals surface area contributed by atoms with Crippen LogP contribution >= 0.6 is 0 Å². The Bertz CT molecular complexity index is 600. The van der Waals surface area contributed by atoms with Crippen LogP contribution in [0.25, 0.3) is 0 Å². The van der Waals surface area contributed by atoms with Gasteiger partial charge in [0.15, 0.2) is 11.5 Å². The van der Waals surface area contributed by atoms with Gasteiger partial charge in [-0.3, -0.25) is 9.48 Å². The quantitative estimate of drug-likeness (QED) is 0.833. The molecule has 1 aromatic rings. The molecule has 3 heterocycles. The lowest BCUT2D eigenvalue weighted by molar-refractivity contribution is -0.184. The lowest BCUT2D eigenvalue weighted by Crippen LogP contribution is -2.45. The number of rotatable bonds is 2. The summed E-state index contributed by atoms with van der Waals surface area (Å²) in [5.41, 5.74) is 4.05. The number of hydrogen-bond acceptors (Lipinski definition) is 4. The number of nitrogens with two attached hydrogens (primary N) is 1. The largest absolute Gasteiger partial charge is 0.435 e. The fourth-order valence-electron chi connectivity index (χ4n) is 3.46. The number of ether oxygens (including phenoxy) is 1. The summed E-state index contributed by atoms with van der Waals surface area (Å²) in [5.74, 6) is -4.80. The van der Waals surface area contributed by atoms with E-state index in [1.54, 1.807) is 0 Å². The molecule has 2 fully saturated rings. The van der Waals surface area contributed by atoms with Crippen LogP contribution in [-0.4, -0.2) is 32.7 Å². The lowest BCUT2D eigenvalue weighted by Gasteiger charge is -2.30. The van der Waals surface area contributed by atoms with E-state index in [4.69, 9.17) is 10.5 Å². The van der Waals surface area contributed by atoms with Crippen molar-refractivity contribution in [3.8, 4) is 0 Å². The molecule has 1 aromatic heterocycles. The van der Waals surface area contributed by atoms with Crippen molar-refractivity contribution in [3.05, 3.63) is 17.5 Å². The molecule has 21 heavy (non-hydrogen) atoms. The first kappa shape index (κ1) is 14.3. The van der Waals surface area contributed by atoms with Crippen LogP contribution in [0, 0.1) is 5.92 Å². The molecular weight excluding hydrogens is 291 g/mol. The van der Waals surface area contributed by atoms with Crippen LogP contribution in [0.1, 0.15) is 30.0 Å².